The van der Waals surface area contributed by atoms with Crippen molar-refractivity contribution in [2.24, 2.45) is 0 Å². The van der Waals surface area contributed by atoms with E-state index in [1.54, 1.807) is 12.1 Å². The Balaban J connectivity index is 1.25. The quantitative estimate of drug-likeness (QED) is 0.652. The van der Waals surface area contributed by atoms with E-state index in [0.29, 0.717) is 6.54 Å². The molecule has 1 aliphatic heterocycles. The third-order valence-electron chi connectivity index (χ3n) is 4.99. The molecule has 0 spiro atoms. The van der Waals surface area contributed by atoms with Crippen molar-refractivity contribution in [3.8, 4) is 0 Å². The van der Waals surface area contributed by atoms with Crippen LogP contribution in [0.4, 0.5) is 4.39 Å². The highest BCUT2D eigenvalue weighted by Gasteiger charge is 2.14. The van der Waals surface area contributed by atoms with E-state index in [4.69, 9.17) is 0 Å². The summed E-state index contributed by atoms with van der Waals surface area (Å²) in [5.74, 6) is 2.02. The molecule has 0 fully saturated rings. The molecule has 3 heterocycles. The molecule has 0 saturated heterocycles. The molecule has 4 rings (SSSR count). The van der Waals surface area contributed by atoms with Gasteiger partial charge < -0.3 is 9.88 Å². The maximum atomic E-state index is 13.0. The summed E-state index contributed by atoms with van der Waals surface area (Å²) in [7, 11) is 0. The molecule has 0 saturated carbocycles. The highest BCUT2D eigenvalue weighted by molar-refractivity contribution is 5.16. The van der Waals surface area contributed by atoms with Gasteiger partial charge in [-0.3, -0.25) is 4.68 Å². The Bertz CT molecular complexity index is 867. The van der Waals surface area contributed by atoms with Crippen LogP contribution < -0.4 is 5.32 Å². The molecular weight excluding hydrogens is 343 g/mol. The van der Waals surface area contributed by atoms with Crippen molar-refractivity contribution in [1.82, 2.24) is 29.9 Å². The number of benzene rings is 1. The second-order valence-electron chi connectivity index (χ2n) is 7.09. The van der Waals surface area contributed by atoms with Crippen molar-refractivity contribution in [3.63, 3.8) is 0 Å². The summed E-state index contributed by atoms with van der Waals surface area (Å²) in [5, 5.41) is 16.6. The van der Waals surface area contributed by atoms with Gasteiger partial charge in [-0.15, -0.1) is 10.2 Å². The van der Waals surface area contributed by atoms with E-state index >= 15 is 0 Å². The molecule has 0 radical (unpaired) electrons. The standard InChI is InChI=1S/C20H25FN6/c21-18-7-5-16(6-8-18)14-26-15-17(13-23-26)12-22-10-9-20-25-24-19-4-2-1-3-11-27(19)20/h5-8,13,15,22H,1-4,9-12,14H2. The molecule has 0 atom stereocenters. The fourth-order valence-corrected chi connectivity index (χ4v) is 3.52. The number of halogens is 1. The monoisotopic (exact) mass is 368 g/mol. The Morgan fingerprint density at radius 2 is 1.93 bits per heavy atom. The van der Waals surface area contributed by atoms with Crippen molar-refractivity contribution >= 4 is 0 Å². The lowest BCUT2D eigenvalue weighted by Gasteiger charge is -2.07. The van der Waals surface area contributed by atoms with Crippen molar-refractivity contribution in [2.75, 3.05) is 6.54 Å². The molecule has 1 aromatic carbocycles. The van der Waals surface area contributed by atoms with Gasteiger partial charge in [0.1, 0.15) is 17.5 Å². The summed E-state index contributed by atoms with van der Waals surface area (Å²) in [5.41, 5.74) is 2.17. The first-order chi connectivity index (χ1) is 13.3. The molecule has 3 aromatic rings. The number of nitrogens with zero attached hydrogens (tertiary/aromatic N) is 5. The van der Waals surface area contributed by atoms with Gasteiger partial charge in [0.25, 0.3) is 0 Å². The largest absolute Gasteiger partial charge is 0.315 e. The molecule has 6 nitrogen and oxygen atoms in total. The van der Waals surface area contributed by atoms with Crippen LogP contribution in [0.5, 0.6) is 0 Å². The zero-order valence-corrected chi connectivity index (χ0v) is 15.4. The number of rotatable bonds is 7. The topological polar surface area (TPSA) is 60.6 Å². The van der Waals surface area contributed by atoms with E-state index in [1.165, 1.54) is 31.4 Å². The number of aromatic nitrogens is 5. The highest BCUT2D eigenvalue weighted by atomic mass is 19.1. The number of aryl methyl sites for hydroxylation is 1. The number of hydrogen-bond acceptors (Lipinski definition) is 4. The zero-order chi connectivity index (χ0) is 18.5. The van der Waals surface area contributed by atoms with Gasteiger partial charge in [0.15, 0.2) is 0 Å². The van der Waals surface area contributed by atoms with Crippen molar-refractivity contribution < 1.29 is 4.39 Å². The van der Waals surface area contributed by atoms with Crippen LogP contribution in [0.2, 0.25) is 0 Å². The normalized spacial score (nSPS) is 14.1. The first-order valence-corrected chi connectivity index (χ1v) is 9.65. The third-order valence-corrected chi connectivity index (χ3v) is 4.99. The molecule has 7 heteroatoms. The third kappa shape index (κ3) is 4.60. The van der Waals surface area contributed by atoms with Gasteiger partial charge in [-0.1, -0.05) is 18.6 Å². The zero-order valence-electron chi connectivity index (χ0n) is 15.4. The summed E-state index contributed by atoms with van der Waals surface area (Å²) < 4.78 is 17.2. The van der Waals surface area contributed by atoms with Crippen LogP contribution >= 0.6 is 0 Å². The lowest BCUT2D eigenvalue weighted by atomic mass is 10.2. The predicted octanol–water partition coefficient (Wildman–Crippen LogP) is 2.72. The van der Waals surface area contributed by atoms with Crippen LogP contribution in [0, 0.1) is 5.82 Å². The van der Waals surface area contributed by atoms with Crippen LogP contribution in [0.15, 0.2) is 36.7 Å². The molecule has 27 heavy (non-hydrogen) atoms. The molecule has 142 valence electrons. The predicted molar refractivity (Wildman–Crippen MR) is 101 cm³/mol. The van der Waals surface area contributed by atoms with Crippen molar-refractivity contribution in [3.05, 3.63) is 65.3 Å². The lowest BCUT2D eigenvalue weighted by molar-refractivity contribution is 0.587. The summed E-state index contributed by atoms with van der Waals surface area (Å²) in [6.07, 6.45) is 9.56. The SMILES string of the molecule is Fc1ccc(Cn2cc(CNCCc3nnc4n3CCCCC4)cn2)cc1. The Kier molecular flexibility index (Phi) is 5.58. The fraction of sp³-hybridized carbons (Fsp3) is 0.450. The minimum Gasteiger partial charge on any atom is -0.315 e. The number of fused-ring (bicyclic) bond motifs is 1. The Morgan fingerprint density at radius 1 is 1.04 bits per heavy atom. The van der Waals surface area contributed by atoms with Gasteiger partial charge in [-0.2, -0.15) is 5.10 Å². The summed E-state index contributed by atoms with van der Waals surface area (Å²) in [6, 6.07) is 6.53. The van der Waals surface area contributed by atoms with Crippen LogP contribution in [0.25, 0.3) is 0 Å². The number of nitrogens with one attached hydrogen (secondary N) is 1. The first-order valence-electron chi connectivity index (χ1n) is 9.65. The van der Waals surface area contributed by atoms with Gasteiger partial charge in [-0.25, -0.2) is 4.39 Å². The molecule has 1 aliphatic rings. The van der Waals surface area contributed by atoms with E-state index in [0.717, 1.165) is 55.3 Å². The van der Waals surface area contributed by atoms with E-state index in [9.17, 15) is 4.39 Å². The fourth-order valence-electron chi connectivity index (χ4n) is 3.52. The van der Waals surface area contributed by atoms with Crippen molar-refractivity contribution in [1.29, 1.82) is 0 Å². The van der Waals surface area contributed by atoms with E-state index < -0.39 is 0 Å². The molecule has 0 amide bonds. The van der Waals surface area contributed by atoms with Crippen LogP contribution in [0.3, 0.4) is 0 Å². The highest BCUT2D eigenvalue weighted by Crippen LogP contribution is 2.14. The van der Waals surface area contributed by atoms with E-state index in [2.05, 4.69) is 25.2 Å². The first kappa shape index (κ1) is 17.9. The Hall–Kier alpha value is -2.54. The average molecular weight is 368 g/mol. The van der Waals surface area contributed by atoms with E-state index in [-0.39, 0.29) is 5.82 Å². The minimum atomic E-state index is -0.214. The maximum Gasteiger partial charge on any atom is 0.134 e. The average Bonchev–Trinajstić information content (AvgIpc) is 3.20. The molecule has 0 unspecified atom stereocenters. The second-order valence-corrected chi connectivity index (χ2v) is 7.09. The summed E-state index contributed by atoms with van der Waals surface area (Å²) in [6.45, 7) is 3.33. The Morgan fingerprint density at radius 3 is 2.81 bits per heavy atom. The summed E-state index contributed by atoms with van der Waals surface area (Å²) in [4.78, 5) is 0. The van der Waals surface area contributed by atoms with Crippen LogP contribution in [-0.2, 0) is 32.5 Å². The van der Waals surface area contributed by atoms with Gasteiger partial charge >= 0.3 is 0 Å². The van der Waals surface area contributed by atoms with E-state index in [1.807, 2.05) is 17.1 Å². The Labute approximate surface area is 158 Å². The molecule has 2 aromatic heterocycles. The molecule has 0 aliphatic carbocycles. The van der Waals surface area contributed by atoms with Crippen molar-refractivity contribution in [2.45, 2.75) is 51.7 Å². The van der Waals surface area contributed by atoms with Gasteiger partial charge in [0.05, 0.1) is 12.7 Å². The summed E-state index contributed by atoms with van der Waals surface area (Å²) >= 11 is 0. The van der Waals surface area contributed by atoms with Gasteiger partial charge in [0, 0.05) is 44.2 Å². The molecule has 1 N–H and O–H groups in total. The second kappa shape index (κ2) is 8.43. The van der Waals surface area contributed by atoms with Gasteiger partial charge in [-0.05, 0) is 30.5 Å². The van der Waals surface area contributed by atoms with Crippen LogP contribution in [0.1, 0.15) is 42.0 Å². The lowest BCUT2D eigenvalue weighted by Crippen LogP contribution is -2.18. The number of hydrogen-bond donors (Lipinski definition) is 1. The minimum absolute atomic E-state index is 0.214. The molecular formula is C20H25FN6. The maximum absolute atomic E-state index is 13.0. The smallest absolute Gasteiger partial charge is 0.134 e. The van der Waals surface area contributed by atoms with Crippen LogP contribution in [-0.4, -0.2) is 31.1 Å². The molecule has 0 bridgehead atoms. The van der Waals surface area contributed by atoms with Gasteiger partial charge in [0.2, 0.25) is 0 Å².